The molecule has 1 aromatic carbocycles. The van der Waals surface area contributed by atoms with Gasteiger partial charge in [-0.15, -0.1) is 0 Å². The van der Waals surface area contributed by atoms with Crippen LogP contribution in [0.15, 0.2) is 52.4 Å². The molecule has 0 N–H and O–H groups in total. The van der Waals surface area contributed by atoms with E-state index < -0.39 is 22.4 Å². The third kappa shape index (κ3) is 5.18. The minimum atomic E-state index is -0.796. The van der Waals surface area contributed by atoms with Crippen LogP contribution in [-0.2, 0) is 16.0 Å². The Bertz CT molecular complexity index is 1750. The largest absolute Gasteiger partial charge is 0.462 e. The Balaban J connectivity index is 2.12. The van der Waals surface area contributed by atoms with Gasteiger partial charge in [0.15, 0.2) is 5.49 Å². The van der Waals surface area contributed by atoms with E-state index in [2.05, 4.69) is 4.99 Å². The van der Waals surface area contributed by atoms with Crippen LogP contribution in [0.2, 0.25) is 0 Å². The summed E-state index contributed by atoms with van der Waals surface area (Å²) in [5.41, 5.74) is 0.705. The maximum Gasteiger partial charge on any atom is 0.341 e. The molecule has 0 saturated carbocycles. The number of pyridine rings is 2. The Kier molecular flexibility index (Phi) is 7.96. The molecule has 0 aliphatic rings. The molecule has 0 fully saturated rings. The number of amides is 1. The molecule has 0 unspecified atom stereocenters. The van der Waals surface area contributed by atoms with Gasteiger partial charge in [0.2, 0.25) is 0 Å². The van der Waals surface area contributed by atoms with Gasteiger partial charge in [-0.2, -0.15) is 4.99 Å². The van der Waals surface area contributed by atoms with Gasteiger partial charge in [-0.05, 0) is 51.0 Å². The molecule has 12 heteroatoms. The van der Waals surface area contributed by atoms with Crippen molar-refractivity contribution in [2.75, 3.05) is 20.3 Å². The molecule has 4 rings (SSSR count). The summed E-state index contributed by atoms with van der Waals surface area (Å²) in [6.45, 7) is 5.50. The average molecular weight is 534 g/mol. The molecule has 3 aromatic heterocycles. The van der Waals surface area contributed by atoms with Crippen LogP contribution in [0.25, 0.3) is 16.7 Å². The minimum Gasteiger partial charge on any atom is -0.462 e. The highest BCUT2D eigenvalue weighted by Gasteiger charge is 2.22. The quantitative estimate of drug-likeness (QED) is 0.110. The van der Waals surface area contributed by atoms with Crippen LogP contribution < -0.4 is 11.0 Å². The Morgan fingerprint density at radius 3 is 2.59 bits per heavy atom. The van der Waals surface area contributed by atoms with Crippen molar-refractivity contribution >= 4 is 34.2 Å². The van der Waals surface area contributed by atoms with Crippen molar-refractivity contribution in [1.29, 1.82) is 0 Å². The topological polar surface area (TPSA) is 147 Å². The van der Waals surface area contributed by atoms with Crippen molar-refractivity contribution in [3.8, 4) is 0 Å². The third-order valence-electron chi connectivity index (χ3n) is 6.27. The van der Waals surface area contributed by atoms with Gasteiger partial charge in [-0.25, -0.2) is 9.78 Å². The summed E-state index contributed by atoms with van der Waals surface area (Å²) >= 11 is 0. The second kappa shape index (κ2) is 11.4. The lowest BCUT2D eigenvalue weighted by Gasteiger charge is -2.15. The van der Waals surface area contributed by atoms with Crippen LogP contribution in [0.1, 0.15) is 45.2 Å². The molecular weight excluding hydrogens is 506 g/mol. The maximum atomic E-state index is 13.5. The van der Waals surface area contributed by atoms with Crippen LogP contribution in [0.4, 0.5) is 5.69 Å². The number of ether oxygens (including phenoxy) is 2. The molecule has 4 aromatic rings. The number of carbonyl (C=O) groups excluding carboxylic acids is 2. The van der Waals surface area contributed by atoms with Gasteiger partial charge in [-0.1, -0.05) is 12.1 Å². The first kappa shape index (κ1) is 27.3. The Labute approximate surface area is 222 Å². The summed E-state index contributed by atoms with van der Waals surface area (Å²) in [5.74, 6) is -1.58. The van der Waals surface area contributed by atoms with E-state index in [9.17, 15) is 24.5 Å². The summed E-state index contributed by atoms with van der Waals surface area (Å²) < 4.78 is 13.3. The maximum absolute atomic E-state index is 13.5. The van der Waals surface area contributed by atoms with E-state index in [0.29, 0.717) is 18.7 Å². The molecule has 0 aliphatic carbocycles. The first-order chi connectivity index (χ1) is 18.7. The van der Waals surface area contributed by atoms with E-state index in [0.717, 1.165) is 5.56 Å². The molecule has 202 valence electrons. The third-order valence-corrected chi connectivity index (χ3v) is 6.27. The Morgan fingerprint density at radius 1 is 1.13 bits per heavy atom. The predicted molar refractivity (Wildman–Crippen MR) is 142 cm³/mol. The number of nitro groups is 1. The van der Waals surface area contributed by atoms with E-state index >= 15 is 0 Å². The Morgan fingerprint density at radius 2 is 1.90 bits per heavy atom. The molecule has 3 heterocycles. The van der Waals surface area contributed by atoms with Gasteiger partial charge in [0, 0.05) is 38.1 Å². The van der Waals surface area contributed by atoms with Crippen molar-refractivity contribution in [3.63, 3.8) is 0 Å². The van der Waals surface area contributed by atoms with Crippen molar-refractivity contribution < 1.29 is 24.0 Å². The lowest BCUT2D eigenvalue weighted by atomic mass is 10.1. The molecule has 0 aliphatic heterocycles. The highest BCUT2D eigenvalue weighted by molar-refractivity contribution is 5.98. The van der Waals surface area contributed by atoms with Crippen molar-refractivity contribution in [1.82, 2.24) is 14.0 Å². The molecule has 0 radical (unpaired) electrons. The van der Waals surface area contributed by atoms with Gasteiger partial charge in [0.1, 0.15) is 16.9 Å². The minimum absolute atomic E-state index is 0.00457. The number of methoxy groups -OCH3 is 1. The number of hydrogen-bond acceptors (Lipinski definition) is 8. The Hall–Kier alpha value is -4.71. The summed E-state index contributed by atoms with van der Waals surface area (Å²) in [5, 5.41) is 11.6. The van der Waals surface area contributed by atoms with E-state index in [1.54, 1.807) is 26.3 Å². The number of nitrogens with zero attached hydrogens (tertiary/aromatic N) is 5. The van der Waals surface area contributed by atoms with E-state index in [-0.39, 0.29) is 52.1 Å². The number of esters is 1. The zero-order valence-corrected chi connectivity index (χ0v) is 22.0. The first-order valence-corrected chi connectivity index (χ1v) is 12.2. The summed E-state index contributed by atoms with van der Waals surface area (Å²) in [6.07, 6.45) is 2.03. The number of benzene rings is 1. The molecule has 0 bridgehead atoms. The van der Waals surface area contributed by atoms with Gasteiger partial charge < -0.3 is 14.0 Å². The lowest BCUT2D eigenvalue weighted by Crippen LogP contribution is -2.33. The summed E-state index contributed by atoms with van der Waals surface area (Å²) in [6, 6.07) is 8.98. The second-order valence-corrected chi connectivity index (χ2v) is 8.76. The molecule has 1 amide bonds. The molecule has 0 saturated heterocycles. The molecule has 0 spiro atoms. The van der Waals surface area contributed by atoms with Gasteiger partial charge in [0.25, 0.3) is 17.2 Å². The SMILES string of the molecule is CCOC(=O)c1cc2c(=O)n3cccc(C)c3nc2n(CCCOC)c1=NC(=O)c1cccc([N+](=O)[O-])c1C. The van der Waals surface area contributed by atoms with Crippen molar-refractivity contribution in [2.24, 2.45) is 4.99 Å². The van der Waals surface area contributed by atoms with E-state index in [4.69, 9.17) is 14.5 Å². The molecule has 12 nitrogen and oxygen atoms in total. The normalized spacial score (nSPS) is 11.7. The molecular formula is C27H27N5O7. The number of aryl methyl sites for hydroxylation is 2. The van der Waals surface area contributed by atoms with E-state index in [1.807, 2.05) is 13.0 Å². The predicted octanol–water partition coefficient (Wildman–Crippen LogP) is 3.13. The smallest absolute Gasteiger partial charge is 0.341 e. The van der Waals surface area contributed by atoms with Crippen LogP contribution in [0.3, 0.4) is 0 Å². The van der Waals surface area contributed by atoms with Crippen molar-refractivity contribution in [3.05, 3.63) is 90.8 Å². The van der Waals surface area contributed by atoms with E-state index in [1.165, 1.54) is 40.2 Å². The van der Waals surface area contributed by atoms with Crippen LogP contribution >= 0.6 is 0 Å². The van der Waals surface area contributed by atoms with Crippen molar-refractivity contribution in [2.45, 2.75) is 33.7 Å². The van der Waals surface area contributed by atoms with Crippen LogP contribution in [-0.4, -0.2) is 51.1 Å². The van der Waals surface area contributed by atoms with Crippen LogP contribution in [0.5, 0.6) is 0 Å². The van der Waals surface area contributed by atoms with Crippen LogP contribution in [0, 0.1) is 24.0 Å². The fraction of sp³-hybridized carbons (Fsp3) is 0.296. The molecule has 39 heavy (non-hydrogen) atoms. The highest BCUT2D eigenvalue weighted by atomic mass is 16.6. The average Bonchev–Trinajstić information content (AvgIpc) is 2.90. The number of fused-ring (bicyclic) bond motifs is 2. The fourth-order valence-corrected chi connectivity index (χ4v) is 4.35. The second-order valence-electron chi connectivity index (χ2n) is 8.76. The molecule has 0 atom stereocenters. The van der Waals surface area contributed by atoms with Gasteiger partial charge >= 0.3 is 5.97 Å². The number of carbonyl (C=O) groups is 2. The first-order valence-electron chi connectivity index (χ1n) is 12.2. The fourth-order valence-electron chi connectivity index (χ4n) is 4.35. The monoisotopic (exact) mass is 533 g/mol. The number of hydrogen-bond donors (Lipinski definition) is 0. The summed E-state index contributed by atoms with van der Waals surface area (Å²) in [7, 11) is 1.54. The number of aromatic nitrogens is 3. The number of rotatable bonds is 8. The number of nitro benzene ring substituents is 1. The summed E-state index contributed by atoms with van der Waals surface area (Å²) in [4.78, 5) is 59.9. The highest BCUT2D eigenvalue weighted by Crippen LogP contribution is 2.22. The zero-order chi connectivity index (χ0) is 28.3. The standard InChI is InChI=1S/C27H27N5O7/c1-5-39-27(35)20-15-19-23(28-22-16(2)9-7-12-31(22)26(19)34)30(13-8-14-38-4)24(20)29-25(33)18-10-6-11-21(17(18)3)32(36)37/h6-7,9-12,15H,5,8,13-14H2,1-4H3. The zero-order valence-electron chi connectivity index (χ0n) is 22.0. The van der Waals surface area contributed by atoms with Gasteiger partial charge in [-0.3, -0.25) is 24.1 Å². The van der Waals surface area contributed by atoms with Gasteiger partial charge in [0.05, 0.1) is 22.5 Å². The lowest BCUT2D eigenvalue weighted by molar-refractivity contribution is -0.385.